The van der Waals surface area contributed by atoms with Gasteiger partial charge in [0.05, 0.1) is 6.54 Å². The van der Waals surface area contributed by atoms with Crippen molar-refractivity contribution < 1.29 is 13.6 Å². The molecule has 0 saturated carbocycles. The second-order valence-corrected chi connectivity index (χ2v) is 6.64. The summed E-state index contributed by atoms with van der Waals surface area (Å²) < 4.78 is 27.2. The van der Waals surface area contributed by atoms with Crippen molar-refractivity contribution in [3.8, 4) is 11.4 Å². The Morgan fingerprint density at radius 2 is 1.93 bits per heavy atom. The lowest BCUT2D eigenvalue weighted by atomic mass is 10.2. The zero-order valence-corrected chi connectivity index (χ0v) is 15.8. The molecule has 0 aliphatic carbocycles. The molecule has 0 aliphatic rings. The first-order valence-electron chi connectivity index (χ1n) is 8.27. The third kappa shape index (κ3) is 5.01. The first kappa shape index (κ1) is 19.7. The van der Waals surface area contributed by atoms with Gasteiger partial charge >= 0.3 is 0 Å². The fourth-order valence-corrected chi connectivity index (χ4v) is 2.39. The average Bonchev–Trinajstić information content (AvgIpc) is 3.02. The maximum atomic E-state index is 12.8. The number of nitrogens with one attached hydrogen (secondary N) is 2. The number of carbonyl (C=O) groups is 1. The molecule has 0 spiro atoms. The Balaban J connectivity index is 1.72. The minimum atomic E-state index is -2.99. The van der Waals surface area contributed by atoms with Crippen LogP contribution in [-0.4, -0.2) is 38.1 Å². The molecule has 3 aromatic rings. The second-order valence-electron chi connectivity index (χ2n) is 6.20. The molecule has 1 aromatic carbocycles. The van der Waals surface area contributed by atoms with Crippen molar-refractivity contribution in [2.45, 2.75) is 12.8 Å². The number of amides is 1. The van der Waals surface area contributed by atoms with Gasteiger partial charge in [-0.3, -0.25) is 9.78 Å². The third-order valence-electron chi connectivity index (χ3n) is 3.68. The highest BCUT2D eigenvalue weighted by molar-refractivity contribution is 6.30. The minimum absolute atomic E-state index is 0.0310. The maximum Gasteiger partial charge on any atom is 0.270 e. The molecule has 0 saturated heterocycles. The average molecular weight is 407 g/mol. The quantitative estimate of drug-likeness (QED) is 0.652. The molecule has 0 aliphatic heterocycles. The predicted molar refractivity (Wildman–Crippen MR) is 102 cm³/mol. The molecule has 2 heterocycles. The fraction of sp³-hybridized carbons (Fsp3) is 0.222. The van der Waals surface area contributed by atoms with Crippen LogP contribution in [0.3, 0.4) is 0 Å². The number of anilines is 2. The number of alkyl halides is 2. The van der Waals surface area contributed by atoms with Gasteiger partial charge in [0, 0.05) is 36.4 Å². The standard InChI is InChI=1S/C18H17ClF2N6O/c1-18(20,21)10-23-16(28)14-8-3-11(9-22-14)15-25-17(27(2)26-15)24-13-6-4-12(19)5-7-13/h3-9H,10H2,1-2H3,(H,23,28)(H,24,25,26). The van der Waals surface area contributed by atoms with Gasteiger partial charge in [-0.05, 0) is 36.4 Å². The summed E-state index contributed by atoms with van der Waals surface area (Å²) in [5, 5.41) is 10.2. The number of carbonyl (C=O) groups excluding carboxylic acids is 1. The van der Waals surface area contributed by atoms with E-state index in [2.05, 4.69) is 25.7 Å². The molecule has 146 valence electrons. The Hall–Kier alpha value is -3.07. The van der Waals surface area contributed by atoms with Crippen LogP contribution in [0.4, 0.5) is 20.4 Å². The summed E-state index contributed by atoms with van der Waals surface area (Å²) in [6.07, 6.45) is 1.42. The van der Waals surface area contributed by atoms with Crippen LogP contribution in [-0.2, 0) is 7.05 Å². The van der Waals surface area contributed by atoms with Gasteiger partial charge in [0.15, 0.2) is 5.82 Å². The summed E-state index contributed by atoms with van der Waals surface area (Å²) >= 11 is 5.87. The summed E-state index contributed by atoms with van der Waals surface area (Å²) in [6.45, 7) is -0.0248. The van der Waals surface area contributed by atoms with Gasteiger partial charge in [-0.15, -0.1) is 5.10 Å². The second kappa shape index (κ2) is 7.89. The van der Waals surface area contributed by atoms with Crippen molar-refractivity contribution in [1.82, 2.24) is 25.1 Å². The molecule has 0 fully saturated rings. The molecule has 0 bridgehead atoms. The third-order valence-corrected chi connectivity index (χ3v) is 3.93. The summed E-state index contributed by atoms with van der Waals surface area (Å²) in [4.78, 5) is 20.3. The molecule has 28 heavy (non-hydrogen) atoms. The molecule has 2 aromatic heterocycles. The first-order valence-corrected chi connectivity index (χ1v) is 8.65. The van der Waals surface area contributed by atoms with E-state index in [9.17, 15) is 13.6 Å². The fourth-order valence-electron chi connectivity index (χ4n) is 2.26. The number of halogens is 3. The molecule has 3 rings (SSSR count). The van der Waals surface area contributed by atoms with Gasteiger partial charge < -0.3 is 10.6 Å². The first-order chi connectivity index (χ1) is 13.2. The van der Waals surface area contributed by atoms with Crippen LogP contribution in [0, 0.1) is 0 Å². The molecule has 10 heteroatoms. The molecule has 0 radical (unpaired) electrons. The van der Waals surface area contributed by atoms with E-state index >= 15 is 0 Å². The van der Waals surface area contributed by atoms with E-state index in [1.807, 2.05) is 12.1 Å². The van der Waals surface area contributed by atoms with Crippen LogP contribution >= 0.6 is 11.6 Å². The van der Waals surface area contributed by atoms with E-state index in [0.717, 1.165) is 12.6 Å². The number of pyridine rings is 1. The van der Waals surface area contributed by atoms with Crippen LogP contribution in [0.1, 0.15) is 17.4 Å². The van der Waals surface area contributed by atoms with Gasteiger partial charge in [0.25, 0.3) is 11.8 Å². The maximum absolute atomic E-state index is 12.8. The van der Waals surface area contributed by atoms with Crippen LogP contribution < -0.4 is 10.6 Å². The number of benzene rings is 1. The zero-order chi connectivity index (χ0) is 20.3. The van der Waals surface area contributed by atoms with Gasteiger partial charge in [-0.25, -0.2) is 13.5 Å². The van der Waals surface area contributed by atoms with E-state index in [4.69, 9.17) is 11.6 Å². The molecule has 0 atom stereocenters. The summed E-state index contributed by atoms with van der Waals surface area (Å²) in [6, 6.07) is 10.2. The lowest BCUT2D eigenvalue weighted by Crippen LogP contribution is -2.34. The highest BCUT2D eigenvalue weighted by Gasteiger charge is 2.22. The predicted octanol–water partition coefficient (Wildman–Crippen LogP) is 3.66. The number of aromatic nitrogens is 4. The molecule has 1 amide bonds. The molecule has 0 unspecified atom stereocenters. The van der Waals surface area contributed by atoms with Crippen molar-refractivity contribution in [3.05, 3.63) is 53.3 Å². The summed E-state index contributed by atoms with van der Waals surface area (Å²) in [5.41, 5.74) is 1.41. The Bertz CT molecular complexity index is 967. The smallest absolute Gasteiger partial charge is 0.270 e. The Kier molecular flexibility index (Phi) is 5.55. The Morgan fingerprint density at radius 3 is 2.54 bits per heavy atom. The Labute approximate surface area is 164 Å². The van der Waals surface area contributed by atoms with Gasteiger partial charge in [-0.1, -0.05) is 11.6 Å². The summed E-state index contributed by atoms with van der Waals surface area (Å²) in [5.74, 6) is -2.75. The number of hydrogen-bond acceptors (Lipinski definition) is 5. The SMILES string of the molecule is Cn1nc(-c2ccc(C(=O)NCC(C)(F)F)nc2)nc1Nc1ccc(Cl)cc1. The van der Waals surface area contributed by atoms with E-state index in [1.54, 1.807) is 29.9 Å². The number of aryl methyl sites for hydroxylation is 1. The molecular weight excluding hydrogens is 390 g/mol. The van der Waals surface area contributed by atoms with Gasteiger partial charge in [0.1, 0.15) is 5.69 Å². The van der Waals surface area contributed by atoms with E-state index < -0.39 is 18.4 Å². The normalized spacial score (nSPS) is 11.3. The highest BCUT2D eigenvalue weighted by Crippen LogP contribution is 2.21. The van der Waals surface area contributed by atoms with Gasteiger partial charge in [0.2, 0.25) is 5.95 Å². The van der Waals surface area contributed by atoms with E-state index in [1.165, 1.54) is 12.3 Å². The van der Waals surface area contributed by atoms with Crippen molar-refractivity contribution in [3.63, 3.8) is 0 Å². The molecule has 7 nitrogen and oxygen atoms in total. The van der Waals surface area contributed by atoms with Crippen molar-refractivity contribution >= 4 is 29.1 Å². The summed E-state index contributed by atoms with van der Waals surface area (Å²) in [7, 11) is 1.73. The van der Waals surface area contributed by atoms with E-state index in [0.29, 0.717) is 22.4 Å². The van der Waals surface area contributed by atoms with Crippen LogP contribution in [0.2, 0.25) is 5.02 Å². The monoisotopic (exact) mass is 406 g/mol. The topological polar surface area (TPSA) is 84.7 Å². The minimum Gasteiger partial charge on any atom is -0.345 e. The lowest BCUT2D eigenvalue weighted by molar-refractivity contribution is 0.0220. The van der Waals surface area contributed by atoms with E-state index in [-0.39, 0.29) is 5.69 Å². The van der Waals surface area contributed by atoms with Crippen LogP contribution in [0.5, 0.6) is 0 Å². The molecular formula is C18H17ClF2N6O. The lowest BCUT2D eigenvalue weighted by Gasteiger charge is -2.10. The van der Waals surface area contributed by atoms with Crippen molar-refractivity contribution in [1.29, 1.82) is 0 Å². The zero-order valence-electron chi connectivity index (χ0n) is 15.1. The largest absolute Gasteiger partial charge is 0.345 e. The number of nitrogens with zero attached hydrogens (tertiary/aromatic N) is 4. The van der Waals surface area contributed by atoms with Crippen molar-refractivity contribution in [2.24, 2.45) is 7.05 Å². The van der Waals surface area contributed by atoms with Crippen LogP contribution in [0.15, 0.2) is 42.6 Å². The van der Waals surface area contributed by atoms with Gasteiger partial charge in [-0.2, -0.15) is 4.98 Å². The number of hydrogen-bond donors (Lipinski definition) is 2. The Morgan fingerprint density at radius 1 is 1.21 bits per heavy atom. The number of rotatable bonds is 6. The van der Waals surface area contributed by atoms with Crippen LogP contribution in [0.25, 0.3) is 11.4 Å². The van der Waals surface area contributed by atoms with Crippen molar-refractivity contribution in [2.75, 3.05) is 11.9 Å². The highest BCUT2D eigenvalue weighted by atomic mass is 35.5. The molecule has 2 N–H and O–H groups in total.